The first-order chi connectivity index (χ1) is 8.15. The van der Waals surface area contributed by atoms with Gasteiger partial charge < -0.3 is 10.5 Å². The number of nitrogens with two attached hydrogens (primary N) is 1. The zero-order valence-electron chi connectivity index (χ0n) is 9.45. The minimum absolute atomic E-state index is 0.324. The smallest absolute Gasteiger partial charge is 0.154 e. The molecule has 0 atom stereocenters. The number of aliphatic imine (C=N–C) groups is 1. The lowest BCUT2D eigenvalue weighted by molar-refractivity contribution is 0.208. The first kappa shape index (κ1) is 14.3. The second kappa shape index (κ2) is 7.53. The summed E-state index contributed by atoms with van der Waals surface area (Å²) in [5.74, 6) is 0.0445. The van der Waals surface area contributed by atoms with E-state index in [0.717, 1.165) is 0 Å². The minimum atomic E-state index is -0.324. The van der Waals surface area contributed by atoms with Gasteiger partial charge in [0, 0.05) is 23.4 Å². The Balaban J connectivity index is 2.52. The standard InChI is InChI=1S/C11H14ClFN2OS/c1-16-6-5-15-11(14)17-7-8-9(12)3-2-4-10(8)13/h2-4H,5-7H2,1H3,(H2,14,15). The molecular formula is C11H14ClFN2OS. The van der Waals surface area contributed by atoms with Gasteiger partial charge in [-0.3, -0.25) is 4.99 Å². The molecule has 1 aromatic carbocycles. The van der Waals surface area contributed by atoms with Crippen molar-refractivity contribution in [1.29, 1.82) is 0 Å². The summed E-state index contributed by atoms with van der Waals surface area (Å²) in [5.41, 5.74) is 6.10. The van der Waals surface area contributed by atoms with Crippen LogP contribution in [0.15, 0.2) is 23.2 Å². The maximum atomic E-state index is 13.4. The third-order valence-corrected chi connectivity index (χ3v) is 3.20. The van der Waals surface area contributed by atoms with Gasteiger partial charge in [-0.2, -0.15) is 0 Å². The van der Waals surface area contributed by atoms with Gasteiger partial charge in [-0.15, -0.1) is 0 Å². The topological polar surface area (TPSA) is 47.6 Å². The first-order valence-electron chi connectivity index (χ1n) is 4.99. The van der Waals surface area contributed by atoms with E-state index in [4.69, 9.17) is 22.1 Å². The number of rotatable bonds is 5. The van der Waals surface area contributed by atoms with E-state index in [2.05, 4.69) is 4.99 Å². The quantitative estimate of drug-likeness (QED) is 0.511. The normalized spacial score (nSPS) is 11.8. The lowest BCUT2D eigenvalue weighted by Crippen LogP contribution is -2.09. The van der Waals surface area contributed by atoms with Crippen molar-refractivity contribution in [3.05, 3.63) is 34.6 Å². The molecule has 3 nitrogen and oxygen atoms in total. The second-order valence-electron chi connectivity index (χ2n) is 3.20. The van der Waals surface area contributed by atoms with E-state index >= 15 is 0 Å². The summed E-state index contributed by atoms with van der Waals surface area (Å²) in [7, 11) is 1.60. The molecule has 1 rings (SSSR count). The Bertz CT molecular complexity index is 381. The lowest BCUT2D eigenvalue weighted by Gasteiger charge is -2.05. The predicted octanol–water partition coefficient (Wildman–Crippen LogP) is 2.67. The summed E-state index contributed by atoms with van der Waals surface area (Å²) in [6.07, 6.45) is 0. The third kappa shape index (κ3) is 4.93. The summed E-state index contributed by atoms with van der Waals surface area (Å²) >= 11 is 7.14. The molecule has 0 aliphatic rings. The second-order valence-corrected chi connectivity index (χ2v) is 4.60. The average Bonchev–Trinajstić information content (AvgIpc) is 2.29. The molecule has 0 saturated heterocycles. The number of methoxy groups -OCH3 is 1. The Labute approximate surface area is 109 Å². The molecule has 94 valence electrons. The van der Waals surface area contributed by atoms with E-state index in [9.17, 15) is 4.39 Å². The molecule has 17 heavy (non-hydrogen) atoms. The van der Waals surface area contributed by atoms with Gasteiger partial charge in [-0.05, 0) is 12.1 Å². The van der Waals surface area contributed by atoms with Crippen molar-refractivity contribution in [2.24, 2.45) is 10.7 Å². The van der Waals surface area contributed by atoms with Gasteiger partial charge in [0.05, 0.1) is 13.2 Å². The average molecular weight is 277 g/mol. The fraction of sp³-hybridized carbons (Fsp3) is 0.364. The third-order valence-electron chi connectivity index (χ3n) is 1.99. The number of hydrogen-bond acceptors (Lipinski definition) is 3. The van der Waals surface area contributed by atoms with E-state index in [1.54, 1.807) is 19.2 Å². The summed E-state index contributed by atoms with van der Waals surface area (Å²) in [6, 6.07) is 4.60. The van der Waals surface area contributed by atoms with E-state index in [-0.39, 0.29) is 5.82 Å². The minimum Gasteiger partial charge on any atom is -0.383 e. The molecular weight excluding hydrogens is 263 g/mol. The van der Waals surface area contributed by atoms with Crippen LogP contribution in [-0.4, -0.2) is 25.4 Å². The lowest BCUT2D eigenvalue weighted by atomic mass is 10.2. The number of nitrogens with zero attached hydrogens (tertiary/aromatic N) is 1. The highest BCUT2D eigenvalue weighted by molar-refractivity contribution is 8.13. The molecule has 0 fully saturated rings. The van der Waals surface area contributed by atoms with Crippen molar-refractivity contribution in [3.63, 3.8) is 0 Å². The summed E-state index contributed by atoms with van der Waals surface area (Å²) in [6.45, 7) is 1.02. The number of thioether (sulfide) groups is 1. The van der Waals surface area contributed by atoms with Gasteiger partial charge in [0.25, 0.3) is 0 Å². The van der Waals surface area contributed by atoms with Crippen molar-refractivity contribution in [3.8, 4) is 0 Å². The van der Waals surface area contributed by atoms with Crippen LogP contribution in [-0.2, 0) is 10.5 Å². The van der Waals surface area contributed by atoms with E-state index in [1.165, 1.54) is 17.8 Å². The maximum Gasteiger partial charge on any atom is 0.154 e. The number of ether oxygens (including phenoxy) is 1. The Kier molecular flexibility index (Phi) is 6.32. The Morgan fingerprint density at radius 2 is 2.35 bits per heavy atom. The Morgan fingerprint density at radius 3 is 3.00 bits per heavy atom. The number of benzene rings is 1. The van der Waals surface area contributed by atoms with Crippen LogP contribution in [0.5, 0.6) is 0 Å². The molecule has 0 unspecified atom stereocenters. The first-order valence-corrected chi connectivity index (χ1v) is 6.36. The van der Waals surface area contributed by atoms with Gasteiger partial charge in [0.15, 0.2) is 5.17 Å². The zero-order valence-corrected chi connectivity index (χ0v) is 11.0. The molecule has 0 saturated carbocycles. The highest BCUT2D eigenvalue weighted by Crippen LogP contribution is 2.23. The fourth-order valence-corrected chi connectivity index (χ4v) is 2.19. The van der Waals surface area contributed by atoms with Crippen LogP contribution in [0.4, 0.5) is 4.39 Å². The summed E-state index contributed by atoms with van der Waals surface area (Å²) < 4.78 is 18.2. The van der Waals surface area contributed by atoms with Crippen LogP contribution in [0.25, 0.3) is 0 Å². The van der Waals surface area contributed by atoms with Crippen LogP contribution in [0.3, 0.4) is 0 Å². The molecule has 0 aromatic heterocycles. The summed E-state index contributed by atoms with van der Waals surface area (Å²) in [5, 5.41) is 0.809. The van der Waals surface area contributed by atoms with Crippen molar-refractivity contribution in [1.82, 2.24) is 0 Å². The van der Waals surface area contributed by atoms with E-state index < -0.39 is 0 Å². The van der Waals surface area contributed by atoms with Gasteiger partial charge in [0.2, 0.25) is 0 Å². The van der Waals surface area contributed by atoms with Crippen LogP contribution in [0, 0.1) is 5.82 Å². The van der Waals surface area contributed by atoms with Crippen molar-refractivity contribution >= 4 is 28.5 Å². The van der Waals surface area contributed by atoms with Gasteiger partial charge in [-0.1, -0.05) is 29.4 Å². The number of amidine groups is 1. The van der Waals surface area contributed by atoms with Crippen molar-refractivity contribution in [2.45, 2.75) is 5.75 Å². The summed E-state index contributed by atoms with van der Waals surface area (Å²) in [4.78, 5) is 4.06. The molecule has 0 aliphatic heterocycles. The van der Waals surface area contributed by atoms with Crippen LogP contribution in [0.2, 0.25) is 5.02 Å². The van der Waals surface area contributed by atoms with Crippen LogP contribution < -0.4 is 5.73 Å². The van der Waals surface area contributed by atoms with Crippen LogP contribution >= 0.6 is 23.4 Å². The highest BCUT2D eigenvalue weighted by Gasteiger charge is 2.07. The molecule has 0 heterocycles. The molecule has 0 aliphatic carbocycles. The molecule has 6 heteroatoms. The SMILES string of the molecule is COCCN=C(N)SCc1c(F)cccc1Cl. The molecule has 0 spiro atoms. The fourth-order valence-electron chi connectivity index (χ4n) is 1.11. The Morgan fingerprint density at radius 1 is 1.59 bits per heavy atom. The molecule has 0 amide bonds. The zero-order chi connectivity index (χ0) is 12.7. The highest BCUT2D eigenvalue weighted by atomic mass is 35.5. The van der Waals surface area contributed by atoms with Crippen molar-refractivity contribution in [2.75, 3.05) is 20.3 Å². The molecule has 2 N–H and O–H groups in total. The van der Waals surface area contributed by atoms with Crippen LogP contribution in [0.1, 0.15) is 5.56 Å². The molecule has 0 bridgehead atoms. The maximum absolute atomic E-state index is 13.4. The largest absolute Gasteiger partial charge is 0.383 e. The van der Waals surface area contributed by atoms with Crippen molar-refractivity contribution < 1.29 is 9.13 Å². The van der Waals surface area contributed by atoms with Gasteiger partial charge in [-0.25, -0.2) is 4.39 Å². The van der Waals surface area contributed by atoms with Gasteiger partial charge in [0.1, 0.15) is 5.82 Å². The molecule has 0 radical (unpaired) electrons. The number of hydrogen-bond donors (Lipinski definition) is 1. The van der Waals surface area contributed by atoms with Gasteiger partial charge >= 0.3 is 0 Å². The Hall–Kier alpha value is -0.780. The predicted molar refractivity (Wildman–Crippen MR) is 71.1 cm³/mol. The molecule has 1 aromatic rings. The number of halogens is 2. The van der Waals surface area contributed by atoms with E-state index in [1.807, 2.05) is 0 Å². The van der Waals surface area contributed by atoms with E-state index in [0.29, 0.717) is 34.7 Å². The monoisotopic (exact) mass is 276 g/mol.